The van der Waals surface area contributed by atoms with Crippen LogP contribution in [0.5, 0.6) is 0 Å². The standard InChI is InChI=1S/C7H14N2O3/c1-7(2,3)12-5(10)4-9-6(8)11/h4H2,1-3H3,(H3,8,9,11). The molecule has 2 amide bonds. The van der Waals surface area contributed by atoms with Crippen LogP contribution >= 0.6 is 0 Å². The van der Waals surface area contributed by atoms with Gasteiger partial charge in [-0.05, 0) is 20.8 Å². The molecular formula is C7H14N2O3. The van der Waals surface area contributed by atoms with Crippen molar-refractivity contribution >= 4 is 12.0 Å². The summed E-state index contributed by atoms with van der Waals surface area (Å²) in [6.07, 6.45) is 0. The highest BCUT2D eigenvalue weighted by atomic mass is 16.6. The van der Waals surface area contributed by atoms with Gasteiger partial charge >= 0.3 is 12.0 Å². The van der Waals surface area contributed by atoms with Gasteiger partial charge in [-0.15, -0.1) is 0 Å². The van der Waals surface area contributed by atoms with Crippen molar-refractivity contribution in [3.05, 3.63) is 0 Å². The van der Waals surface area contributed by atoms with E-state index >= 15 is 0 Å². The molecule has 0 aliphatic heterocycles. The molecule has 0 aromatic rings. The lowest BCUT2D eigenvalue weighted by Crippen LogP contribution is -2.37. The van der Waals surface area contributed by atoms with Crippen LogP contribution in [-0.4, -0.2) is 24.1 Å². The van der Waals surface area contributed by atoms with Crippen LogP contribution < -0.4 is 11.1 Å². The van der Waals surface area contributed by atoms with Crippen molar-refractivity contribution in [1.82, 2.24) is 5.32 Å². The molecule has 12 heavy (non-hydrogen) atoms. The Bertz CT molecular complexity index is 184. The predicted molar refractivity (Wildman–Crippen MR) is 43.4 cm³/mol. The molecule has 0 radical (unpaired) electrons. The van der Waals surface area contributed by atoms with Crippen molar-refractivity contribution < 1.29 is 14.3 Å². The Labute approximate surface area is 71.3 Å². The average molecular weight is 174 g/mol. The summed E-state index contributed by atoms with van der Waals surface area (Å²) in [6.45, 7) is 5.05. The Morgan fingerprint density at radius 3 is 2.25 bits per heavy atom. The van der Waals surface area contributed by atoms with Crippen LogP contribution in [0.25, 0.3) is 0 Å². The summed E-state index contributed by atoms with van der Waals surface area (Å²) < 4.78 is 4.88. The molecule has 0 aromatic carbocycles. The molecule has 0 heterocycles. The van der Waals surface area contributed by atoms with Gasteiger partial charge in [0.25, 0.3) is 0 Å². The molecule has 0 aliphatic rings. The van der Waals surface area contributed by atoms with Crippen molar-refractivity contribution in [2.45, 2.75) is 26.4 Å². The minimum absolute atomic E-state index is 0.188. The third-order valence-electron chi connectivity index (χ3n) is 0.827. The fraction of sp³-hybridized carbons (Fsp3) is 0.714. The number of ether oxygens (including phenoxy) is 1. The molecule has 0 rings (SSSR count). The van der Waals surface area contributed by atoms with E-state index in [4.69, 9.17) is 10.5 Å². The first-order valence-electron chi connectivity index (χ1n) is 3.56. The summed E-state index contributed by atoms with van der Waals surface area (Å²) >= 11 is 0. The summed E-state index contributed by atoms with van der Waals surface area (Å²) in [6, 6.07) is -0.735. The number of carbonyl (C=O) groups excluding carboxylic acids is 2. The molecule has 0 saturated carbocycles. The lowest BCUT2D eigenvalue weighted by Gasteiger charge is -2.19. The van der Waals surface area contributed by atoms with Crippen LogP contribution in [0.4, 0.5) is 4.79 Å². The maximum absolute atomic E-state index is 10.9. The Hall–Kier alpha value is -1.26. The van der Waals surface area contributed by atoms with E-state index in [1.165, 1.54) is 0 Å². The highest BCUT2D eigenvalue weighted by Crippen LogP contribution is 2.05. The number of hydrogen-bond acceptors (Lipinski definition) is 3. The van der Waals surface area contributed by atoms with E-state index in [1.807, 2.05) is 0 Å². The SMILES string of the molecule is CC(C)(C)OC(=O)CNC(N)=O. The van der Waals surface area contributed by atoms with Gasteiger partial charge in [-0.25, -0.2) is 4.79 Å². The highest BCUT2D eigenvalue weighted by Gasteiger charge is 2.15. The Balaban J connectivity index is 3.68. The predicted octanol–water partition coefficient (Wildman–Crippen LogP) is -0.00360. The molecule has 70 valence electrons. The molecule has 5 heteroatoms. The third kappa shape index (κ3) is 6.85. The van der Waals surface area contributed by atoms with E-state index in [2.05, 4.69) is 5.32 Å². The zero-order valence-electron chi connectivity index (χ0n) is 7.51. The van der Waals surface area contributed by atoms with Gasteiger partial charge in [0.15, 0.2) is 0 Å². The summed E-state index contributed by atoms with van der Waals surface area (Å²) in [5, 5.41) is 2.13. The molecule has 0 saturated heterocycles. The Morgan fingerprint density at radius 2 is 1.92 bits per heavy atom. The van der Waals surface area contributed by atoms with Crippen molar-refractivity contribution in [3.63, 3.8) is 0 Å². The van der Waals surface area contributed by atoms with Crippen LogP contribution in [0.1, 0.15) is 20.8 Å². The fourth-order valence-electron chi connectivity index (χ4n) is 0.537. The maximum atomic E-state index is 10.9. The Morgan fingerprint density at radius 1 is 1.42 bits per heavy atom. The van der Waals surface area contributed by atoms with Crippen molar-refractivity contribution in [3.8, 4) is 0 Å². The quantitative estimate of drug-likeness (QED) is 0.578. The molecule has 0 unspecified atom stereocenters. The second-order valence-electron chi connectivity index (χ2n) is 3.30. The summed E-state index contributed by atoms with van der Waals surface area (Å²) in [5.41, 5.74) is 4.22. The van der Waals surface area contributed by atoms with Crippen LogP contribution in [0.3, 0.4) is 0 Å². The number of hydrogen-bond donors (Lipinski definition) is 2. The fourth-order valence-corrected chi connectivity index (χ4v) is 0.537. The normalized spacial score (nSPS) is 10.6. The van der Waals surface area contributed by atoms with Crippen molar-refractivity contribution in [2.24, 2.45) is 5.73 Å². The molecule has 0 spiro atoms. The number of nitrogens with two attached hydrogens (primary N) is 1. The van der Waals surface area contributed by atoms with Gasteiger partial charge in [0, 0.05) is 0 Å². The number of nitrogens with one attached hydrogen (secondary N) is 1. The number of carbonyl (C=O) groups is 2. The second kappa shape index (κ2) is 3.94. The van der Waals surface area contributed by atoms with Gasteiger partial charge in [-0.1, -0.05) is 0 Å². The largest absolute Gasteiger partial charge is 0.459 e. The topological polar surface area (TPSA) is 81.4 Å². The summed E-state index contributed by atoms with van der Waals surface area (Å²) in [5.74, 6) is -0.499. The Kier molecular flexibility index (Phi) is 3.53. The maximum Gasteiger partial charge on any atom is 0.325 e. The van der Waals surface area contributed by atoms with Crippen molar-refractivity contribution in [1.29, 1.82) is 0 Å². The first kappa shape index (κ1) is 10.7. The van der Waals surface area contributed by atoms with Gasteiger partial charge in [-0.3, -0.25) is 4.79 Å². The number of esters is 1. The summed E-state index contributed by atoms with van der Waals surface area (Å²) in [7, 11) is 0. The van der Waals surface area contributed by atoms with E-state index in [9.17, 15) is 9.59 Å². The van der Waals surface area contributed by atoms with E-state index in [0.29, 0.717) is 0 Å². The zero-order chi connectivity index (χ0) is 9.78. The first-order valence-corrected chi connectivity index (χ1v) is 3.56. The van der Waals surface area contributed by atoms with Crippen LogP contribution in [-0.2, 0) is 9.53 Å². The monoisotopic (exact) mass is 174 g/mol. The zero-order valence-corrected chi connectivity index (χ0v) is 7.51. The van der Waals surface area contributed by atoms with E-state index in [0.717, 1.165) is 0 Å². The molecule has 0 atom stereocenters. The molecule has 0 aromatic heterocycles. The van der Waals surface area contributed by atoms with Crippen LogP contribution in [0.2, 0.25) is 0 Å². The van der Waals surface area contributed by atoms with Gasteiger partial charge in [0.1, 0.15) is 12.1 Å². The summed E-state index contributed by atoms with van der Waals surface area (Å²) in [4.78, 5) is 21.0. The highest BCUT2D eigenvalue weighted by molar-refractivity contribution is 5.79. The lowest BCUT2D eigenvalue weighted by molar-refractivity contribution is -0.153. The second-order valence-corrected chi connectivity index (χ2v) is 3.30. The van der Waals surface area contributed by atoms with E-state index in [1.54, 1.807) is 20.8 Å². The smallest absolute Gasteiger partial charge is 0.325 e. The average Bonchev–Trinajstić information content (AvgIpc) is 1.79. The molecule has 0 fully saturated rings. The van der Waals surface area contributed by atoms with E-state index in [-0.39, 0.29) is 6.54 Å². The van der Waals surface area contributed by atoms with Gasteiger partial charge in [0.2, 0.25) is 0 Å². The van der Waals surface area contributed by atoms with Gasteiger partial charge in [-0.2, -0.15) is 0 Å². The number of primary amides is 1. The van der Waals surface area contributed by atoms with Crippen LogP contribution in [0.15, 0.2) is 0 Å². The molecular weight excluding hydrogens is 160 g/mol. The minimum Gasteiger partial charge on any atom is -0.459 e. The van der Waals surface area contributed by atoms with Crippen molar-refractivity contribution in [2.75, 3.05) is 6.54 Å². The lowest BCUT2D eigenvalue weighted by atomic mass is 10.2. The third-order valence-corrected chi connectivity index (χ3v) is 0.827. The number of urea groups is 1. The molecule has 3 N–H and O–H groups in total. The first-order chi connectivity index (χ1) is 5.31. The van der Waals surface area contributed by atoms with Gasteiger partial charge < -0.3 is 15.8 Å². The number of rotatable bonds is 2. The molecule has 0 bridgehead atoms. The van der Waals surface area contributed by atoms with Crippen LogP contribution in [0, 0.1) is 0 Å². The molecule has 5 nitrogen and oxygen atoms in total. The minimum atomic E-state index is -0.735. The number of amides is 2. The van der Waals surface area contributed by atoms with Gasteiger partial charge in [0.05, 0.1) is 0 Å². The van der Waals surface area contributed by atoms with E-state index < -0.39 is 17.6 Å². The molecule has 0 aliphatic carbocycles.